The Morgan fingerprint density at radius 3 is 2.84 bits per heavy atom. The third-order valence-electron chi connectivity index (χ3n) is 3.34. The third-order valence-corrected chi connectivity index (χ3v) is 5.99. The van der Waals surface area contributed by atoms with Crippen molar-refractivity contribution in [2.24, 2.45) is 5.73 Å². The fraction of sp³-hybridized carbons (Fsp3) is 0.538. The fourth-order valence-electron chi connectivity index (χ4n) is 2.37. The van der Waals surface area contributed by atoms with Crippen molar-refractivity contribution >= 4 is 27.3 Å². The van der Waals surface area contributed by atoms with Crippen LogP contribution < -0.4 is 10.6 Å². The van der Waals surface area contributed by atoms with E-state index in [1.165, 1.54) is 6.26 Å². The van der Waals surface area contributed by atoms with E-state index in [0.717, 1.165) is 29.1 Å². The van der Waals surface area contributed by atoms with Gasteiger partial charge in [-0.25, -0.2) is 8.42 Å². The quantitative estimate of drug-likeness (QED) is 0.913. The maximum absolute atomic E-state index is 12.0. The van der Waals surface area contributed by atoms with Crippen LogP contribution in [0.1, 0.15) is 11.1 Å². The third kappa shape index (κ3) is 3.24. The van der Waals surface area contributed by atoms with Crippen LogP contribution in [0.3, 0.4) is 0 Å². The Bertz CT molecular complexity index is 558. The standard InChI is InChI=1S/C13H20N2O2S2/c1-10-3-4-12(11(7-10)8-14)15-5-6-18-9-13(15)19(2,16)17/h3-4,7,13H,5-6,8-9,14H2,1-2H3. The normalized spacial score (nSPS) is 20.6. The van der Waals surface area contributed by atoms with Gasteiger partial charge in [0.05, 0.1) is 0 Å². The van der Waals surface area contributed by atoms with Crippen molar-refractivity contribution in [1.29, 1.82) is 0 Å². The van der Waals surface area contributed by atoms with Crippen molar-refractivity contribution in [3.63, 3.8) is 0 Å². The molecule has 1 atom stereocenters. The summed E-state index contributed by atoms with van der Waals surface area (Å²) in [5, 5.41) is -0.445. The van der Waals surface area contributed by atoms with E-state index < -0.39 is 15.2 Å². The summed E-state index contributed by atoms with van der Waals surface area (Å²) in [5.41, 5.74) is 8.92. The van der Waals surface area contributed by atoms with Crippen molar-refractivity contribution in [1.82, 2.24) is 0 Å². The van der Waals surface area contributed by atoms with Gasteiger partial charge in [0.25, 0.3) is 0 Å². The van der Waals surface area contributed by atoms with Crippen molar-refractivity contribution in [3.8, 4) is 0 Å². The number of hydrogen-bond acceptors (Lipinski definition) is 5. The summed E-state index contributed by atoms with van der Waals surface area (Å²) in [6.45, 7) is 3.19. The van der Waals surface area contributed by atoms with E-state index in [1.54, 1.807) is 11.8 Å². The topological polar surface area (TPSA) is 63.4 Å². The van der Waals surface area contributed by atoms with Crippen LogP contribution in [0.4, 0.5) is 5.69 Å². The SMILES string of the molecule is Cc1ccc(N2CCSCC2S(C)(=O)=O)c(CN)c1. The number of hydrogen-bond donors (Lipinski definition) is 1. The monoisotopic (exact) mass is 300 g/mol. The van der Waals surface area contributed by atoms with E-state index in [4.69, 9.17) is 5.73 Å². The highest BCUT2D eigenvalue weighted by Crippen LogP contribution is 2.29. The number of nitrogens with two attached hydrogens (primary N) is 1. The first-order valence-corrected chi connectivity index (χ1v) is 9.37. The molecule has 0 amide bonds. The largest absolute Gasteiger partial charge is 0.353 e. The van der Waals surface area contributed by atoms with Crippen molar-refractivity contribution in [3.05, 3.63) is 29.3 Å². The number of thioether (sulfide) groups is 1. The van der Waals surface area contributed by atoms with Crippen LogP contribution in [-0.4, -0.2) is 38.1 Å². The lowest BCUT2D eigenvalue weighted by atomic mass is 10.1. The van der Waals surface area contributed by atoms with Crippen molar-refractivity contribution < 1.29 is 8.42 Å². The number of rotatable bonds is 3. The molecule has 6 heteroatoms. The summed E-state index contributed by atoms with van der Waals surface area (Å²) in [4.78, 5) is 1.99. The van der Waals surface area contributed by atoms with Gasteiger partial charge in [-0.05, 0) is 18.6 Å². The smallest absolute Gasteiger partial charge is 0.169 e. The Hall–Kier alpha value is -0.720. The number of anilines is 1. The zero-order valence-electron chi connectivity index (χ0n) is 11.3. The predicted octanol–water partition coefficient (Wildman–Crippen LogP) is 1.38. The minimum absolute atomic E-state index is 0.428. The van der Waals surface area contributed by atoms with Crippen LogP contribution in [0, 0.1) is 6.92 Å². The lowest BCUT2D eigenvalue weighted by molar-refractivity contribution is 0.584. The predicted molar refractivity (Wildman–Crippen MR) is 82.4 cm³/mol. The molecule has 0 aromatic heterocycles. The first-order valence-electron chi connectivity index (χ1n) is 6.26. The average Bonchev–Trinajstić information content (AvgIpc) is 2.37. The first-order chi connectivity index (χ1) is 8.93. The molecule has 1 aromatic rings. The van der Waals surface area contributed by atoms with Gasteiger partial charge in [0.15, 0.2) is 9.84 Å². The van der Waals surface area contributed by atoms with Gasteiger partial charge in [0.1, 0.15) is 5.37 Å². The summed E-state index contributed by atoms with van der Waals surface area (Å²) < 4.78 is 23.9. The zero-order valence-corrected chi connectivity index (χ0v) is 12.9. The highest BCUT2D eigenvalue weighted by atomic mass is 32.2. The molecule has 1 fully saturated rings. The molecule has 2 N–H and O–H groups in total. The molecule has 1 aromatic carbocycles. The second-order valence-electron chi connectivity index (χ2n) is 4.89. The lowest BCUT2D eigenvalue weighted by Gasteiger charge is -2.37. The zero-order chi connectivity index (χ0) is 14.0. The minimum Gasteiger partial charge on any atom is -0.353 e. The Kier molecular flexibility index (Phi) is 4.43. The van der Waals surface area contributed by atoms with Crippen molar-refractivity contribution in [2.75, 3.05) is 29.2 Å². The van der Waals surface area contributed by atoms with Crippen LogP contribution >= 0.6 is 11.8 Å². The fourth-order valence-corrected chi connectivity index (χ4v) is 5.20. The van der Waals surface area contributed by atoms with Gasteiger partial charge >= 0.3 is 0 Å². The molecule has 0 spiro atoms. The van der Waals surface area contributed by atoms with Gasteiger partial charge < -0.3 is 10.6 Å². The van der Waals surface area contributed by atoms with Gasteiger partial charge in [0, 0.05) is 36.5 Å². The van der Waals surface area contributed by atoms with Gasteiger partial charge in [-0.3, -0.25) is 0 Å². The molecular weight excluding hydrogens is 280 g/mol. The molecule has 4 nitrogen and oxygen atoms in total. The van der Waals surface area contributed by atoms with Gasteiger partial charge in [-0.2, -0.15) is 11.8 Å². The molecule has 1 heterocycles. The molecule has 0 saturated carbocycles. The molecule has 2 rings (SSSR count). The van der Waals surface area contributed by atoms with Gasteiger partial charge in [-0.15, -0.1) is 0 Å². The highest BCUT2D eigenvalue weighted by molar-refractivity contribution is 8.01. The summed E-state index contributed by atoms with van der Waals surface area (Å²) in [6.07, 6.45) is 1.31. The van der Waals surface area contributed by atoms with Crippen LogP contribution in [0.15, 0.2) is 18.2 Å². The molecule has 1 aliphatic heterocycles. The molecule has 1 saturated heterocycles. The summed E-state index contributed by atoms with van der Waals surface area (Å²) in [5.74, 6) is 1.57. The molecule has 106 valence electrons. The van der Waals surface area contributed by atoms with E-state index in [1.807, 2.05) is 30.0 Å². The number of aryl methyl sites for hydroxylation is 1. The Labute approximate surface area is 119 Å². The molecule has 0 aliphatic carbocycles. The maximum Gasteiger partial charge on any atom is 0.169 e. The van der Waals surface area contributed by atoms with E-state index >= 15 is 0 Å². The second-order valence-corrected chi connectivity index (χ2v) is 8.24. The Morgan fingerprint density at radius 2 is 2.21 bits per heavy atom. The number of nitrogens with zero attached hydrogens (tertiary/aromatic N) is 1. The maximum atomic E-state index is 12.0. The van der Waals surface area contributed by atoms with Gasteiger partial charge in [0.2, 0.25) is 0 Å². The first kappa shape index (κ1) is 14.7. The van der Waals surface area contributed by atoms with Crippen LogP contribution in [0.5, 0.6) is 0 Å². The average molecular weight is 300 g/mol. The molecular formula is C13H20N2O2S2. The highest BCUT2D eigenvalue weighted by Gasteiger charge is 2.31. The second kappa shape index (κ2) is 5.73. The minimum atomic E-state index is -3.09. The summed E-state index contributed by atoms with van der Waals surface area (Å²) in [7, 11) is -3.09. The molecule has 1 unspecified atom stereocenters. The molecule has 19 heavy (non-hydrogen) atoms. The van der Waals surface area contributed by atoms with E-state index in [9.17, 15) is 8.42 Å². The van der Waals surface area contributed by atoms with E-state index in [-0.39, 0.29) is 0 Å². The Balaban J connectivity index is 2.43. The molecule has 0 radical (unpaired) electrons. The van der Waals surface area contributed by atoms with E-state index in [0.29, 0.717) is 12.3 Å². The van der Waals surface area contributed by atoms with Crippen LogP contribution in [-0.2, 0) is 16.4 Å². The number of benzene rings is 1. The van der Waals surface area contributed by atoms with Crippen LogP contribution in [0.25, 0.3) is 0 Å². The van der Waals surface area contributed by atoms with Gasteiger partial charge in [-0.1, -0.05) is 17.7 Å². The Morgan fingerprint density at radius 1 is 1.47 bits per heavy atom. The van der Waals surface area contributed by atoms with Crippen molar-refractivity contribution in [2.45, 2.75) is 18.8 Å². The van der Waals surface area contributed by atoms with E-state index in [2.05, 4.69) is 0 Å². The van der Waals surface area contributed by atoms with Crippen LogP contribution in [0.2, 0.25) is 0 Å². The molecule has 0 bridgehead atoms. The lowest BCUT2D eigenvalue weighted by Crippen LogP contribution is -2.47. The number of sulfone groups is 1. The summed E-state index contributed by atoms with van der Waals surface area (Å²) in [6, 6.07) is 6.04. The summed E-state index contributed by atoms with van der Waals surface area (Å²) >= 11 is 1.69. The molecule has 1 aliphatic rings.